The molecule has 1 aromatic carbocycles. The Hall–Kier alpha value is -1.98. The summed E-state index contributed by atoms with van der Waals surface area (Å²) in [5, 5.41) is 0.717. The van der Waals surface area contributed by atoms with Gasteiger partial charge in [0.1, 0.15) is 0 Å². The van der Waals surface area contributed by atoms with Crippen LogP contribution in [0.2, 0.25) is 5.02 Å². The predicted octanol–water partition coefficient (Wildman–Crippen LogP) is 4.41. The Morgan fingerprint density at radius 1 is 1.00 bits per heavy atom. The Labute approximate surface area is 178 Å². The average molecular weight is 413 g/mol. The van der Waals surface area contributed by atoms with Crippen LogP contribution in [0.5, 0.6) is 0 Å². The number of likely N-dealkylation sites (tertiary alicyclic amines) is 2. The zero-order valence-corrected chi connectivity index (χ0v) is 17.7. The minimum atomic E-state index is 0.364. The maximum absolute atomic E-state index is 12.2. The fourth-order valence-electron chi connectivity index (χ4n) is 4.33. The molecular formula is C23H29ClN4O. The summed E-state index contributed by atoms with van der Waals surface area (Å²) in [6, 6.07) is 7.60. The van der Waals surface area contributed by atoms with Crippen LogP contribution in [0.3, 0.4) is 0 Å². The molecule has 0 spiro atoms. The first-order valence-electron chi connectivity index (χ1n) is 10.7. The lowest BCUT2D eigenvalue weighted by Gasteiger charge is -2.32. The molecule has 3 heterocycles. The second-order valence-corrected chi connectivity index (χ2v) is 8.70. The van der Waals surface area contributed by atoms with Crippen LogP contribution in [0.4, 0.5) is 0 Å². The molecule has 0 radical (unpaired) electrons. The zero-order chi connectivity index (χ0) is 20.1. The van der Waals surface area contributed by atoms with Gasteiger partial charge in [-0.2, -0.15) is 0 Å². The number of rotatable bonds is 6. The summed E-state index contributed by atoms with van der Waals surface area (Å²) in [6.45, 7) is 5.00. The van der Waals surface area contributed by atoms with Gasteiger partial charge < -0.3 is 4.90 Å². The number of carbonyl (C=O) groups is 1. The van der Waals surface area contributed by atoms with Crippen LogP contribution in [0.25, 0.3) is 11.4 Å². The van der Waals surface area contributed by atoms with Gasteiger partial charge in [-0.05, 0) is 75.4 Å². The highest BCUT2D eigenvalue weighted by molar-refractivity contribution is 6.30. The maximum atomic E-state index is 12.2. The topological polar surface area (TPSA) is 49.3 Å². The van der Waals surface area contributed by atoms with Crippen LogP contribution >= 0.6 is 11.6 Å². The number of amides is 1. The molecule has 2 fully saturated rings. The van der Waals surface area contributed by atoms with Gasteiger partial charge in [0.05, 0.1) is 0 Å². The Morgan fingerprint density at radius 2 is 1.66 bits per heavy atom. The van der Waals surface area contributed by atoms with Gasteiger partial charge in [-0.3, -0.25) is 9.69 Å². The predicted molar refractivity (Wildman–Crippen MR) is 116 cm³/mol. The highest BCUT2D eigenvalue weighted by Gasteiger charge is 2.22. The highest BCUT2D eigenvalue weighted by atomic mass is 35.5. The summed E-state index contributed by atoms with van der Waals surface area (Å²) in [6.07, 6.45) is 10.3. The molecular weight excluding hydrogens is 384 g/mol. The van der Waals surface area contributed by atoms with Crippen molar-refractivity contribution >= 4 is 17.5 Å². The van der Waals surface area contributed by atoms with Crippen LogP contribution < -0.4 is 0 Å². The molecule has 0 aliphatic carbocycles. The van der Waals surface area contributed by atoms with Crippen molar-refractivity contribution < 1.29 is 4.79 Å². The standard InChI is InChI=1S/C23H29ClN4O/c24-21-6-4-20(5-7-21)23-25-15-19(16-26-23)17-27-13-9-18(10-14-27)3-8-22(29)28-11-1-2-12-28/h4-7,15-16,18H,1-3,8-14,17H2. The van der Waals surface area contributed by atoms with E-state index in [0.717, 1.165) is 62.5 Å². The van der Waals surface area contributed by atoms with E-state index >= 15 is 0 Å². The quantitative estimate of drug-likeness (QED) is 0.705. The molecule has 1 aromatic heterocycles. The van der Waals surface area contributed by atoms with E-state index in [4.69, 9.17) is 11.6 Å². The fraction of sp³-hybridized carbons (Fsp3) is 0.522. The first-order chi connectivity index (χ1) is 14.2. The summed E-state index contributed by atoms with van der Waals surface area (Å²) in [5.74, 6) is 1.77. The second-order valence-electron chi connectivity index (χ2n) is 8.27. The van der Waals surface area contributed by atoms with Crippen molar-refractivity contribution in [2.45, 2.75) is 45.1 Å². The SMILES string of the molecule is O=C(CCC1CCN(Cc2cnc(-c3ccc(Cl)cc3)nc2)CC1)N1CCCC1. The highest BCUT2D eigenvalue weighted by Crippen LogP contribution is 2.24. The van der Waals surface area contributed by atoms with Crippen molar-refractivity contribution in [1.82, 2.24) is 19.8 Å². The number of carbonyl (C=O) groups excluding carboxylic acids is 1. The number of halogens is 1. The largest absolute Gasteiger partial charge is 0.343 e. The first-order valence-corrected chi connectivity index (χ1v) is 11.1. The molecule has 2 aliphatic heterocycles. The lowest BCUT2D eigenvalue weighted by Crippen LogP contribution is -2.34. The summed E-state index contributed by atoms with van der Waals surface area (Å²) in [7, 11) is 0. The van der Waals surface area contributed by atoms with Crippen molar-refractivity contribution in [3.63, 3.8) is 0 Å². The molecule has 0 bridgehead atoms. The van der Waals surface area contributed by atoms with E-state index in [9.17, 15) is 4.79 Å². The van der Waals surface area contributed by atoms with E-state index in [2.05, 4.69) is 14.9 Å². The summed E-state index contributed by atoms with van der Waals surface area (Å²) in [4.78, 5) is 25.8. The lowest BCUT2D eigenvalue weighted by atomic mass is 9.92. The van der Waals surface area contributed by atoms with Crippen molar-refractivity contribution in [1.29, 1.82) is 0 Å². The Morgan fingerprint density at radius 3 is 2.31 bits per heavy atom. The molecule has 4 rings (SSSR count). The van der Waals surface area contributed by atoms with Crippen LogP contribution in [0.15, 0.2) is 36.7 Å². The summed E-state index contributed by atoms with van der Waals surface area (Å²) < 4.78 is 0. The second kappa shape index (κ2) is 9.68. The Bertz CT molecular complexity index is 795. The Balaban J connectivity index is 1.21. The molecule has 2 saturated heterocycles. The average Bonchev–Trinajstić information content (AvgIpc) is 3.29. The zero-order valence-electron chi connectivity index (χ0n) is 16.9. The van der Waals surface area contributed by atoms with Crippen LogP contribution in [0, 0.1) is 5.92 Å². The minimum Gasteiger partial charge on any atom is -0.343 e. The molecule has 29 heavy (non-hydrogen) atoms. The maximum Gasteiger partial charge on any atom is 0.222 e. The van der Waals surface area contributed by atoms with Crippen molar-refractivity contribution in [3.8, 4) is 11.4 Å². The van der Waals surface area contributed by atoms with E-state index in [0.29, 0.717) is 16.8 Å². The number of hydrogen-bond acceptors (Lipinski definition) is 4. The van der Waals surface area contributed by atoms with E-state index in [-0.39, 0.29) is 0 Å². The molecule has 0 N–H and O–H groups in total. The van der Waals surface area contributed by atoms with Gasteiger partial charge in [0, 0.05) is 54.6 Å². The third-order valence-electron chi connectivity index (χ3n) is 6.15. The summed E-state index contributed by atoms with van der Waals surface area (Å²) in [5.41, 5.74) is 2.12. The number of nitrogens with zero attached hydrogens (tertiary/aromatic N) is 4. The normalized spacial score (nSPS) is 18.3. The van der Waals surface area contributed by atoms with Gasteiger partial charge >= 0.3 is 0 Å². The number of hydrogen-bond donors (Lipinski definition) is 0. The molecule has 0 unspecified atom stereocenters. The van der Waals surface area contributed by atoms with E-state index in [1.807, 2.05) is 41.6 Å². The third-order valence-corrected chi connectivity index (χ3v) is 6.40. The van der Waals surface area contributed by atoms with E-state index < -0.39 is 0 Å². The lowest BCUT2D eigenvalue weighted by molar-refractivity contribution is -0.130. The van der Waals surface area contributed by atoms with Crippen LogP contribution in [0.1, 0.15) is 44.1 Å². The molecule has 2 aromatic rings. The molecule has 5 nitrogen and oxygen atoms in total. The molecule has 2 aliphatic rings. The van der Waals surface area contributed by atoms with E-state index in [1.54, 1.807) is 0 Å². The van der Waals surface area contributed by atoms with Gasteiger partial charge in [0.2, 0.25) is 5.91 Å². The van der Waals surface area contributed by atoms with E-state index in [1.165, 1.54) is 25.7 Å². The number of piperidine rings is 1. The molecule has 1 amide bonds. The van der Waals surface area contributed by atoms with Crippen molar-refractivity contribution in [3.05, 3.63) is 47.2 Å². The Kier molecular flexibility index (Phi) is 6.78. The molecule has 6 heteroatoms. The van der Waals surface area contributed by atoms with Crippen molar-refractivity contribution in [2.75, 3.05) is 26.2 Å². The summed E-state index contributed by atoms with van der Waals surface area (Å²) >= 11 is 5.94. The number of benzene rings is 1. The van der Waals surface area contributed by atoms with Crippen LogP contribution in [-0.4, -0.2) is 51.9 Å². The fourth-order valence-corrected chi connectivity index (χ4v) is 4.45. The van der Waals surface area contributed by atoms with Gasteiger partial charge in [-0.1, -0.05) is 11.6 Å². The molecule has 0 saturated carbocycles. The third kappa shape index (κ3) is 5.55. The smallest absolute Gasteiger partial charge is 0.222 e. The molecule has 154 valence electrons. The van der Waals surface area contributed by atoms with Crippen LogP contribution in [-0.2, 0) is 11.3 Å². The van der Waals surface area contributed by atoms with Gasteiger partial charge in [-0.25, -0.2) is 9.97 Å². The van der Waals surface area contributed by atoms with Gasteiger partial charge in [0.25, 0.3) is 0 Å². The van der Waals surface area contributed by atoms with Gasteiger partial charge in [0.15, 0.2) is 5.82 Å². The minimum absolute atomic E-state index is 0.364. The first kappa shape index (κ1) is 20.3. The van der Waals surface area contributed by atoms with Gasteiger partial charge in [-0.15, -0.1) is 0 Å². The number of aromatic nitrogens is 2. The molecule has 0 atom stereocenters. The monoisotopic (exact) mass is 412 g/mol. The van der Waals surface area contributed by atoms with Crippen molar-refractivity contribution in [2.24, 2.45) is 5.92 Å².